The summed E-state index contributed by atoms with van der Waals surface area (Å²) in [4.78, 5) is 0. The summed E-state index contributed by atoms with van der Waals surface area (Å²) in [6.45, 7) is 1.53. The maximum Gasteiger partial charge on any atom is 0.141 e. The van der Waals surface area contributed by atoms with Gasteiger partial charge in [-0.1, -0.05) is 36.4 Å². The molecule has 0 aromatic heterocycles. The lowest BCUT2D eigenvalue weighted by atomic mass is 9.97. The van der Waals surface area contributed by atoms with Crippen LogP contribution in [-0.2, 0) is 11.2 Å². The maximum absolute atomic E-state index is 5.90. The Morgan fingerprint density at radius 1 is 1.15 bits per heavy atom. The van der Waals surface area contributed by atoms with Crippen LogP contribution in [0.15, 0.2) is 48.5 Å². The minimum absolute atomic E-state index is 0.102. The quantitative estimate of drug-likeness (QED) is 0.922. The van der Waals surface area contributed by atoms with Crippen LogP contribution in [0.25, 0.3) is 0 Å². The van der Waals surface area contributed by atoms with Gasteiger partial charge in [-0.15, -0.1) is 0 Å². The summed E-state index contributed by atoms with van der Waals surface area (Å²) in [7, 11) is 1.69. The Labute approximate surface area is 119 Å². The molecule has 0 bridgehead atoms. The van der Waals surface area contributed by atoms with Crippen molar-refractivity contribution >= 4 is 5.69 Å². The van der Waals surface area contributed by atoms with Gasteiger partial charge in [0.25, 0.3) is 0 Å². The SMILES string of the molecule is COc1ccccc1NCC1OCCc2ccccc21. The van der Waals surface area contributed by atoms with Gasteiger partial charge in [-0.3, -0.25) is 0 Å². The van der Waals surface area contributed by atoms with Crippen LogP contribution in [0.3, 0.4) is 0 Å². The summed E-state index contributed by atoms with van der Waals surface area (Å²) in [5, 5.41) is 3.42. The molecule has 20 heavy (non-hydrogen) atoms. The number of rotatable bonds is 4. The lowest BCUT2D eigenvalue weighted by molar-refractivity contribution is 0.0513. The second-order valence-electron chi connectivity index (χ2n) is 4.89. The number of methoxy groups -OCH3 is 1. The molecule has 1 atom stereocenters. The van der Waals surface area contributed by atoms with E-state index in [1.54, 1.807) is 7.11 Å². The first-order valence-corrected chi connectivity index (χ1v) is 6.95. The second-order valence-corrected chi connectivity index (χ2v) is 4.89. The zero-order valence-electron chi connectivity index (χ0n) is 11.6. The van der Waals surface area contributed by atoms with E-state index in [-0.39, 0.29) is 6.10 Å². The van der Waals surface area contributed by atoms with Crippen LogP contribution in [0.1, 0.15) is 17.2 Å². The third-order valence-electron chi connectivity index (χ3n) is 3.68. The van der Waals surface area contributed by atoms with Crippen molar-refractivity contribution in [2.75, 3.05) is 25.6 Å². The lowest BCUT2D eigenvalue weighted by Gasteiger charge is -2.26. The van der Waals surface area contributed by atoms with Crippen molar-refractivity contribution in [2.45, 2.75) is 12.5 Å². The third-order valence-corrected chi connectivity index (χ3v) is 3.68. The van der Waals surface area contributed by atoms with Crippen LogP contribution < -0.4 is 10.1 Å². The molecule has 2 aromatic rings. The largest absolute Gasteiger partial charge is 0.495 e. The highest BCUT2D eigenvalue weighted by molar-refractivity contribution is 5.56. The van der Waals surface area contributed by atoms with E-state index in [0.717, 1.165) is 31.0 Å². The van der Waals surface area contributed by atoms with Gasteiger partial charge in [0.1, 0.15) is 5.75 Å². The highest BCUT2D eigenvalue weighted by Gasteiger charge is 2.20. The second kappa shape index (κ2) is 5.97. The predicted molar refractivity (Wildman–Crippen MR) is 80.3 cm³/mol. The molecule has 2 aromatic carbocycles. The first kappa shape index (κ1) is 13.0. The molecular weight excluding hydrogens is 250 g/mol. The molecule has 1 unspecified atom stereocenters. The van der Waals surface area contributed by atoms with Gasteiger partial charge in [0.2, 0.25) is 0 Å². The van der Waals surface area contributed by atoms with Crippen molar-refractivity contribution in [1.29, 1.82) is 0 Å². The topological polar surface area (TPSA) is 30.5 Å². The van der Waals surface area contributed by atoms with E-state index in [9.17, 15) is 0 Å². The number of para-hydroxylation sites is 2. The number of fused-ring (bicyclic) bond motifs is 1. The number of hydrogen-bond acceptors (Lipinski definition) is 3. The van der Waals surface area contributed by atoms with Gasteiger partial charge in [-0.05, 0) is 29.7 Å². The first-order valence-electron chi connectivity index (χ1n) is 6.95. The average Bonchev–Trinajstić information content (AvgIpc) is 2.53. The molecular formula is C17H19NO2. The summed E-state index contributed by atoms with van der Waals surface area (Å²) < 4.78 is 11.2. The third kappa shape index (κ3) is 2.63. The summed E-state index contributed by atoms with van der Waals surface area (Å²) in [6, 6.07) is 16.5. The Morgan fingerprint density at radius 2 is 1.95 bits per heavy atom. The smallest absolute Gasteiger partial charge is 0.141 e. The molecule has 0 amide bonds. The monoisotopic (exact) mass is 269 g/mol. The number of benzene rings is 2. The normalized spacial score (nSPS) is 17.4. The maximum atomic E-state index is 5.90. The van der Waals surface area contributed by atoms with Gasteiger partial charge >= 0.3 is 0 Å². The van der Waals surface area contributed by atoms with Gasteiger partial charge in [0.15, 0.2) is 0 Å². The van der Waals surface area contributed by atoms with Crippen molar-refractivity contribution in [3.05, 3.63) is 59.7 Å². The van der Waals surface area contributed by atoms with Gasteiger partial charge < -0.3 is 14.8 Å². The molecule has 3 heteroatoms. The molecule has 1 aliphatic rings. The lowest BCUT2D eigenvalue weighted by Crippen LogP contribution is -2.22. The predicted octanol–water partition coefficient (Wildman–Crippen LogP) is 3.42. The van der Waals surface area contributed by atoms with E-state index in [4.69, 9.17) is 9.47 Å². The van der Waals surface area contributed by atoms with E-state index in [0.29, 0.717) is 0 Å². The van der Waals surface area contributed by atoms with Crippen molar-refractivity contribution in [3.8, 4) is 5.75 Å². The molecule has 1 aliphatic heterocycles. The Hall–Kier alpha value is -2.00. The summed E-state index contributed by atoms with van der Waals surface area (Å²) >= 11 is 0. The number of anilines is 1. The Morgan fingerprint density at radius 3 is 2.85 bits per heavy atom. The number of hydrogen-bond donors (Lipinski definition) is 1. The molecule has 3 rings (SSSR count). The van der Waals surface area contributed by atoms with Crippen molar-refractivity contribution < 1.29 is 9.47 Å². The van der Waals surface area contributed by atoms with Gasteiger partial charge in [0, 0.05) is 6.54 Å². The fourth-order valence-electron chi connectivity index (χ4n) is 2.64. The molecule has 0 saturated carbocycles. The average molecular weight is 269 g/mol. The fraction of sp³-hybridized carbons (Fsp3) is 0.294. The van der Waals surface area contributed by atoms with Crippen LogP contribution in [0.5, 0.6) is 5.75 Å². The summed E-state index contributed by atoms with van der Waals surface area (Å²) in [6.07, 6.45) is 1.10. The minimum Gasteiger partial charge on any atom is -0.495 e. The zero-order valence-corrected chi connectivity index (χ0v) is 11.6. The zero-order chi connectivity index (χ0) is 13.8. The molecule has 0 spiro atoms. The van der Waals surface area contributed by atoms with Crippen molar-refractivity contribution in [1.82, 2.24) is 0 Å². The molecule has 3 nitrogen and oxygen atoms in total. The van der Waals surface area contributed by atoms with Crippen LogP contribution in [0, 0.1) is 0 Å². The minimum atomic E-state index is 0.102. The molecule has 1 heterocycles. The van der Waals surface area contributed by atoms with E-state index in [1.165, 1.54) is 11.1 Å². The van der Waals surface area contributed by atoms with Gasteiger partial charge in [0.05, 0.1) is 25.5 Å². The van der Waals surface area contributed by atoms with Crippen molar-refractivity contribution in [2.24, 2.45) is 0 Å². The van der Waals surface area contributed by atoms with Gasteiger partial charge in [-0.25, -0.2) is 0 Å². The fourth-order valence-corrected chi connectivity index (χ4v) is 2.64. The van der Waals surface area contributed by atoms with Crippen LogP contribution in [-0.4, -0.2) is 20.3 Å². The van der Waals surface area contributed by atoms with Crippen LogP contribution in [0.4, 0.5) is 5.69 Å². The first-order chi connectivity index (χ1) is 9.88. The number of nitrogens with one attached hydrogen (secondary N) is 1. The molecule has 0 aliphatic carbocycles. The van der Waals surface area contributed by atoms with Gasteiger partial charge in [-0.2, -0.15) is 0 Å². The van der Waals surface area contributed by atoms with Crippen LogP contribution >= 0.6 is 0 Å². The highest BCUT2D eigenvalue weighted by Crippen LogP contribution is 2.29. The summed E-state index contributed by atoms with van der Waals surface area (Å²) in [5.74, 6) is 0.858. The standard InChI is InChI=1S/C17H19NO2/c1-19-16-9-5-4-8-15(16)18-12-17-14-7-3-2-6-13(14)10-11-20-17/h2-9,17-18H,10-12H2,1H3. The van der Waals surface area contributed by atoms with E-state index >= 15 is 0 Å². The molecule has 0 fully saturated rings. The Balaban J connectivity index is 1.73. The highest BCUT2D eigenvalue weighted by atomic mass is 16.5. The summed E-state index contributed by atoms with van der Waals surface area (Å²) in [5.41, 5.74) is 3.69. The molecule has 104 valence electrons. The van der Waals surface area contributed by atoms with E-state index < -0.39 is 0 Å². The Kier molecular flexibility index (Phi) is 3.88. The molecule has 0 radical (unpaired) electrons. The van der Waals surface area contributed by atoms with E-state index in [2.05, 4.69) is 29.6 Å². The number of ether oxygens (including phenoxy) is 2. The Bertz CT molecular complexity index is 583. The van der Waals surface area contributed by atoms with Crippen LogP contribution in [0.2, 0.25) is 0 Å². The molecule has 0 saturated heterocycles. The van der Waals surface area contributed by atoms with Crippen molar-refractivity contribution in [3.63, 3.8) is 0 Å². The molecule has 1 N–H and O–H groups in total. The van der Waals surface area contributed by atoms with E-state index in [1.807, 2.05) is 24.3 Å².